The van der Waals surface area contributed by atoms with E-state index >= 15 is 0 Å². The van der Waals surface area contributed by atoms with Gasteiger partial charge in [0.05, 0.1) is 6.20 Å². The molecule has 2 aromatic heterocycles. The number of hydrogen-bond donors (Lipinski definition) is 2. The molecule has 0 saturated carbocycles. The molecule has 0 aromatic carbocycles. The van der Waals surface area contributed by atoms with E-state index in [1.54, 1.807) is 22.2 Å². The summed E-state index contributed by atoms with van der Waals surface area (Å²) in [4.78, 5) is 0.203. The van der Waals surface area contributed by atoms with E-state index in [0.717, 1.165) is 18.5 Å². The van der Waals surface area contributed by atoms with Gasteiger partial charge in [-0.05, 0) is 49.3 Å². The summed E-state index contributed by atoms with van der Waals surface area (Å²) in [6.07, 6.45) is 3.86. The van der Waals surface area contributed by atoms with Gasteiger partial charge in [-0.2, -0.15) is 16.4 Å². The van der Waals surface area contributed by atoms with Gasteiger partial charge in [-0.1, -0.05) is 0 Å². The smallest absolute Gasteiger partial charge is 0.244 e. The molecular weight excluding hydrogens is 308 g/mol. The van der Waals surface area contributed by atoms with Crippen LogP contribution in [0.3, 0.4) is 0 Å². The molecular formula is C13H20N4O2S2. The SMILES string of the molecule is CNCCCn1cc(S(=O)(=O)NC(C)c2ccsc2)cn1. The Balaban J connectivity index is 2.02. The van der Waals surface area contributed by atoms with E-state index in [-0.39, 0.29) is 10.9 Å². The topological polar surface area (TPSA) is 76.0 Å². The summed E-state index contributed by atoms with van der Waals surface area (Å²) in [5.41, 5.74) is 0.963. The lowest BCUT2D eigenvalue weighted by atomic mass is 10.2. The summed E-state index contributed by atoms with van der Waals surface area (Å²) in [6, 6.07) is 1.66. The van der Waals surface area contributed by atoms with Crippen LogP contribution < -0.4 is 10.0 Å². The van der Waals surface area contributed by atoms with Crippen molar-refractivity contribution in [2.45, 2.75) is 30.8 Å². The van der Waals surface area contributed by atoms with Crippen LogP contribution in [0.5, 0.6) is 0 Å². The number of aromatic nitrogens is 2. The van der Waals surface area contributed by atoms with Gasteiger partial charge in [-0.3, -0.25) is 4.68 Å². The molecule has 21 heavy (non-hydrogen) atoms. The molecule has 8 heteroatoms. The molecule has 0 aliphatic carbocycles. The maximum absolute atomic E-state index is 12.3. The molecule has 2 heterocycles. The van der Waals surface area contributed by atoms with E-state index in [1.807, 2.05) is 30.8 Å². The number of nitrogens with zero attached hydrogens (tertiary/aromatic N) is 2. The monoisotopic (exact) mass is 328 g/mol. The van der Waals surface area contributed by atoms with Crippen molar-refractivity contribution in [3.05, 3.63) is 34.8 Å². The molecule has 2 rings (SSSR count). The molecule has 0 radical (unpaired) electrons. The van der Waals surface area contributed by atoms with Crippen LogP contribution in [-0.2, 0) is 16.6 Å². The van der Waals surface area contributed by atoms with Crippen LogP contribution in [0.1, 0.15) is 24.9 Å². The van der Waals surface area contributed by atoms with Gasteiger partial charge in [0.25, 0.3) is 0 Å². The Morgan fingerprint density at radius 1 is 1.48 bits per heavy atom. The fourth-order valence-electron chi connectivity index (χ4n) is 1.91. The molecule has 0 fully saturated rings. The summed E-state index contributed by atoms with van der Waals surface area (Å²) >= 11 is 1.55. The fourth-order valence-corrected chi connectivity index (χ4v) is 3.85. The Bertz CT molecular complexity index is 650. The molecule has 116 valence electrons. The van der Waals surface area contributed by atoms with Gasteiger partial charge in [-0.15, -0.1) is 0 Å². The molecule has 2 N–H and O–H groups in total. The lowest BCUT2D eigenvalue weighted by molar-refractivity contribution is 0.557. The van der Waals surface area contributed by atoms with E-state index in [9.17, 15) is 8.42 Å². The summed E-state index contributed by atoms with van der Waals surface area (Å²) < 4.78 is 28.9. The Labute approximate surface area is 129 Å². The maximum atomic E-state index is 12.3. The largest absolute Gasteiger partial charge is 0.320 e. The van der Waals surface area contributed by atoms with Crippen molar-refractivity contribution >= 4 is 21.4 Å². The number of sulfonamides is 1. The van der Waals surface area contributed by atoms with Crippen LogP contribution in [0.15, 0.2) is 34.1 Å². The molecule has 0 spiro atoms. The Morgan fingerprint density at radius 2 is 2.29 bits per heavy atom. The van der Waals surface area contributed by atoms with Crippen LogP contribution in [0, 0.1) is 0 Å². The molecule has 6 nitrogen and oxygen atoms in total. The molecule has 2 aromatic rings. The third-order valence-corrected chi connectivity index (χ3v) is 5.31. The highest BCUT2D eigenvalue weighted by atomic mass is 32.2. The third-order valence-electron chi connectivity index (χ3n) is 3.11. The number of thiophene rings is 1. The number of hydrogen-bond acceptors (Lipinski definition) is 5. The van der Waals surface area contributed by atoms with Crippen molar-refractivity contribution < 1.29 is 8.42 Å². The van der Waals surface area contributed by atoms with Crippen molar-refractivity contribution in [3.8, 4) is 0 Å². The Hall–Kier alpha value is -1.22. The molecule has 0 aliphatic heterocycles. The normalized spacial score (nSPS) is 13.4. The molecule has 0 bridgehead atoms. The molecule has 0 amide bonds. The number of rotatable bonds is 8. The van der Waals surface area contributed by atoms with Crippen LogP contribution in [0.4, 0.5) is 0 Å². The maximum Gasteiger partial charge on any atom is 0.244 e. The van der Waals surface area contributed by atoms with E-state index in [4.69, 9.17) is 0 Å². The average molecular weight is 328 g/mol. The quantitative estimate of drug-likeness (QED) is 0.722. The predicted molar refractivity (Wildman–Crippen MR) is 83.8 cm³/mol. The first-order valence-corrected chi connectivity index (χ1v) is 9.17. The average Bonchev–Trinajstić information content (AvgIpc) is 3.10. The second-order valence-corrected chi connectivity index (χ2v) is 7.29. The standard InChI is InChI=1S/C13H20N4O2S2/c1-11(12-4-7-20-10-12)16-21(18,19)13-8-15-17(9-13)6-3-5-14-2/h4,7-11,14,16H,3,5-6H2,1-2H3. The van der Waals surface area contributed by atoms with Gasteiger partial charge in [0, 0.05) is 18.8 Å². The van der Waals surface area contributed by atoms with E-state index in [0.29, 0.717) is 6.54 Å². The first-order valence-electron chi connectivity index (χ1n) is 6.74. The highest BCUT2D eigenvalue weighted by Gasteiger charge is 2.20. The van der Waals surface area contributed by atoms with Crippen molar-refractivity contribution in [2.75, 3.05) is 13.6 Å². The van der Waals surface area contributed by atoms with Gasteiger partial charge in [0.2, 0.25) is 10.0 Å². The third kappa shape index (κ3) is 4.37. The summed E-state index contributed by atoms with van der Waals surface area (Å²) in [5, 5.41) is 11.0. The minimum Gasteiger partial charge on any atom is -0.320 e. The highest BCUT2D eigenvalue weighted by Crippen LogP contribution is 2.18. The molecule has 0 saturated heterocycles. The summed E-state index contributed by atoms with van der Waals surface area (Å²) in [6.45, 7) is 3.39. The van der Waals surface area contributed by atoms with Crippen LogP contribution in [0.25, 0.3) is 0 Å². The van der Waals surface area contributed by atoms with Crippen molar-refractivity contribution in [2.24, 2.45) is 0 Å². The zero-order valence-corrected chi connectivity index (χ0v) is 13.7. The molecule has 1 unspecified atom stereocenters. The minimum absolute atomic E-state index is 0.203. The van der Waals surface area contributed by atoms with Gasteiger partial charge < -0.3 is 5.32 Å². The highest BCUT2D eigenvalue weighted by molar-refractivity contribution is 7.89. The van der Waals surface area contributed by atoms with E-state index in [1.165, 1.54) is 6.20 Å². The Kier molecular flexibility index (Phi) is 5.51. The lowest BCUT2D eigenvalue weighted by Crippen LogP contribution is -2.26. The Morgan fingerprint density at radius 3 is 2.95 bits per heavy atom. The number of aryl methyl sites for hydroxylation is 1. The van der Waals surface area contributed by atoms with Gasteiger partial charge in [0.1, 0.15) is 4.90 Å². The minimum atomic E-state index is -3.54. The molecule has 1 atom stereocenters. The van der Waals surface area contributed by atoms with Crippen molar-refractivity contribution in [3.63, 3.8) is 0 Å². The van der Waals surface area contributed by atoms with Crippen LogP contribution >= 0.6 is 11.3 Å². The summed E-state index contributed by atoms with van der Waals surface area (Å²) in [5.74, 6) is 0. The molecule has 0 aliphatic rings. The van der Waals surface area contributed by atoms with Gasteiger partial charge in [-0.25, -0.2) is 13.1 Å². The van der Waals surface area contributed by atoms with E-state index in [2.05, 4.69) is 15.1 Å². The van der Waals surface area contributed by atoms with E-state index < -0.39 is 10.0 Å². The second kappa shape index (κ2) is 7.17. The van der Waals surface area contributed by atoms with Crippen LogP contribution in [-0.4, -0.2) is 31.8 Å². The predicted octanol–water partition coefficient (Wildman–Crippen LogP) is 1.59. The van der Waals surface area contributed by atoms with Gasteiger partial charge in [0.15, 0.2) is 0 Å². The zero-order valence-electron chi connectivity index (χ0n) is 12.1. The lowest BCUT2D eigenvalue weighted by Gasteiger charge is -2.11. The first kappa shape index (κ1) is 16.2. The fraction of sp³-hybridized carbons (Fsp3) is 0.462. The zero-order chi connectivity index (χ0) is 15.3. The van der Waals surface area contributed by atoms with Crippen molar-refractivity contribution in [1.29, 1.82) is 0 Å². The summed E-state index contributed by atoms with van der Waals surface area (Å²) in [7, 11) is -1.66. The first-order chi connectivity index (χ1) is 10.0. The number of nitrogens with one attached hydrogen (secondary N) is 2. The second-order valence-electron chi connectivity index (χ2n) is 4.80. The van der Waals surface area contributed by atoms with Crippen molar-refractivity contribution in [1.82, 2.24) is 19.8 Å². The van der Waals surface area contributed by atoms with Crippen LogP contribution in [0.2, 0.25) is 0 Å². The van der Waals surface area contributed by atoms with Gasteiger partial charge >= 0.3 is 0 Å².